The van der Waals surface area contributed by atoms with Crippen molar-refractivity contribution in [3.63, 3.8) is 0 Å². The number of hydrogen-bond donors (Lipinski definition) is 0. The van der Waals surface area contributed by atoms with Gasteiger partial charge in [0.15, 0.2) is 6.29 Å². The van der Waals surface area contributed by atoms with Gasteiger partial charge in [-0.25, -0.2) is 0 Å². The third-order valence-electron chi connectivity index (χ3n) is 5.23. The first-order chi connectivity index (χ1) is 10.3. The first kappa shape index (κ1) is 13.7. The van der Waals surface area contributed by atoms with Gasteiger partial charge in [-0.1, -0.05) is 30.3 Å². The van der Waals surface area contributed by atoms with E-state index in [1.54, 1.807) is 0 Å². The van der Waals surface area contributed by atoms with Crippen molar-refractivity contribution >= 4 is 0 Å². The Morgan fingerprint density at radius 2 is 2.05 bits per heavy atom. The van der Waals surface area contributed by atoms with Gasteiger partial charge in [-0.15, -0.1) is 0 Å². The minimum Gasteiger partial charge on any atom is -0.353 e. The van der Waals surface area contributed by atoms with Crippen LogP contribution in [0.3, 0.4) is 0 Å². The maximum Gasteiger partial charge on any atom is 0.158 e. The van der Waals surface area contributed by atoms with Gasteiger partial charge in [0.05, 0.1) is 6.10 Å². The lowest BCUT2D eigenvalue weighted by molar-refractivity contribution is -0.185. The van der Waals surface area contributed by atoms with E-state index in [2.05, 4.69) is 35.2 Å². The molecular formula is C18H25NO2. The summed E-state index contributed by atoms with van der Waals surface area (Å²) in [5.41, 5.74) is 1.85. The van der Waals surface area contributed by atoms with Crippen LogP contribution in [0.25, 0.3) is 0 Å². The zero-order chi connectivity index (χ0) is 14.1. The number of ether oxygens (including phenoxy) is 2. The highest BCUT2D eigenvalue weighted by molar-refractivity contribution is 5.18. The zero-order valence-electron chi connectivity index (χ0n) is 12.7. The van der Waals surface area contributed by atoms with E-state index >= 15 is 0 Å². The van der Waals surface area contributed by atoms with Crippen LogP contribution in [0.4, 0.5) is 0 Å². The summed E-state index contributed by atoms with van der Waals surface area (Å²) in [5, 5.41) is 0. The van der Waals surface area contributed by atoms with Crippen molar-refractivity contribution in [2.45, 2.75) is 63.0 Å². The van der Waals surface area contributed by atoms with Gasteiger partial charge in [-0.3, -0.25) is 4.90 Å². The van der Waals surface area contributed by atoms with Gasteiger partial charge in [0.2, 0.25) is 0 Å². The molecule has 2 aliphatic heterocycles. The van der Waals surface area contributed by atoms with Gasteiger partial charge in [0.1, 0.15) is 0 Å². The number of hydrogen-bond acceptors (Lipinski definition) is 3. The normalized spacial score (nSPS) is 31.6. The maximum atomic E-state index is 6.23. The molecule has 3 nitrogen and oxygen atoms in total. The largest absolute Gasteiger partial charge is 0.353 e. The van der Waals surface area contributed by atoms with Crippen LogP contribution >= 0.6 is 0 Å². The Kier molecular flexibility index (Phi) is 3.74. The van der Waals surface area contributed by atoms with Crippen molar-refractivity contribution in [3.05, 3.63) is 35.9 Å². The molecule has 0 radical (unpaired) electrons. The molecule has 4 rings (SSSR count). The number of benzene rings is 1. The standard InChI is InChI=1S/C18H25NO2/c1-2-6-15(7-3-1)13-19-14-16(12-18(19)9-10-18)21-17-8-4-5-11-20-17/h1-3,6-7,16-17H,4-5,8-14H2/t16-,17?/m0/s1. The Balaban J connectivity index is 1.37. The van der Waals surface area contributed by atoms with E-state index in [-0.39, 0.29) is 6.29 Å². The fourth-order valence-corrected chi connectivity index (χ4v) is 3.88. The molecule has 1 spiro atoms. The quantitative estimate of drug-likeness (QED) is 0.848. The smallest absolute Gasteiger partial charge is 0.158 e. The van der Waals surface area contributed by atoms with Crippen LogP contribution in [-0.4, -0.2) is 36.0 Å². The molecule has 1 aliphatic carbocycles. The molecule has 1 aromatic carbocycles. The van der Waals surface area contributed by atoms with Gasteiger partial charge in [0, 0.05) is 25.2 Å². The van der Waals surface area contributed by atoms with Gasteiger partial charge in [-0.2, -0.15) is 0 Å². The van der Waals surface area contributed by atoms with Gasteiger partial charge >= 0.3 is 0 Å². The van der Waals surface area contributed by atoms with Gasteiger partial charge in [-0.05, 0) is 44.1 Å². The van der Waals surface area contributed by atoms with E-state index < -0.39 is 0 Å². The Labute approximate surface area is 127 Å². The van der Waals surface area contributed by atoms with Crippen molar-refractivity contribution in [2.24, 2.45) is 0 Å². The molecule has 1 saturated carbocycles. The SMILES string of the molecule is c1ccc(CN2C[C@@H](OC3CCCCO3)CC23CC3)cc1. The Morgan fingerprint density at radius 1 is 1.19 bits per heavy atom. The monoisotopic (exact) mass is 287 g/mol. The van der Waals surface area contributed by atoms with E-state index in [0.717, 1.165) is 26.1 Å². The average molecular weight is 287 g/mol. The molecule has 3 aliphatic rings. The fourth-order valence-electron chi connectivity index (χ4n) is 3.88. The van der Waals surface area contributed by atoms with Gasteiger partial charge < -0.3 is 9.47 Å². The predicted molar refractivity (Wildman–Crippen MR) is 81.9 cm³/mol. The minimum absolute atomic E-state index is 0.0521. The van der Waals surface area contributed by atoms with Crippen LogP contribution in [0.5, 0.6) is 0 Å². The van der Waals surface area contributed by atoms with Crippen LogP contribution in [0.1, 0.15) is 44.1 Å². The topological polar surface area (TPSA) is 21.7 Å². The first-order valence-corrected chi connectivity index (χ1v) is 8.40. The third-order valence-corrected chi connectivity index (χ3v) is 5.23. The molecule has 0 aromatic heterocycles. The van der Waals surface area contributed by atoms with Crippen LogP contribution in [0.2, 0.25) is 0 Å². The van der Waals surface area contributed by atoms with Crippen molar-refractivity contribution in [2.75, 3.05) is 13.2 Å². The Hall–Kier alpha value is -0.900. The number of nitrogens with zero attached hydrogens (tertiary/aromatic N) is 1. The summed E-state index contributed by atoms with van der Waals surface area (Å²) in [6, 6.07) is 10.8. The second-order valence-corrected chi connectivity index (χ2v) is 6.85. The van der Waals surface area contributed by atoms with Crippen molar-refractivity contribution in [3.8, 4) is 0 Å². The third kappa shape index (κ3) is 3.01. The summed E-state index contributed by atoms with van der Waals surface area (Å²) < 4.78 is 12.0. The molecule has 0 amide bonds. The van der Waals surface area contributed by atoms with E-state index in [4.69, 9.17) is 9.47 Å². The Bertz CT molecular complexity index is 465. The summed E-state index contributed by atoms with van der Waals surface area (Å²) in [6.07, 6.45) is 7.79. The molecule has 3 fully saturated rings. The van der Waals surface area contributed by atoms with Crippen LogP contribution in [0.15, 0.2) is 30.3 Å². The highest BCUT2D eigenvalue weighted by Gasteiger charge is 2.54. The molecule has 2 atom stereocenters. The minimum atomic E-state index is 0.0521. The molecule has 1 unspecified atom stereocenters. The van der Waals surface area contributed by atoms with Crippen molar-refractivity contribution < 1.29 is 9.47 Å². The summed E-state index contributed by atoms with van der Waals surface area (Å²) in [6.45, 7) is 3.00. The van der Waals surface area contributed by atoms with Crippen molar-refractivity contribution in [1.29, 1.82) is 0 Å². The van der Waals surface area contributed by atoms with Crippen LogP contribution in [0, 0.1) is 0 Å². The second-order valence-electron chi connectivity index (χ2n) is 6.85. The van der Waals surface area contributed by atoms with E-state index in [0.29, 0.717) is 11.6 Å². The number of rotatable bonds is 4. The second kappa shape index (κ2) is 5.71. The average Bonchev–Trinajstić information content (AvgIpc) is 3.21. The van der Waals surface area contributed by atoms with Gasteiger partial charge in [0.25, 0.3) is 0 Å². The summed E-state index contributed by atoms with van der Waals surface area (Å²) in [4.78, 5) is 2.65. The fraction of sp³-hybridized carbons (Fsp3) is 0.667. The van der Waals surface area contributed by atoms with Crippen molar-refractivity contribution in [1.82, 2.24) is 4.90 Å². The molecule has 21 heavy (non-hydrogen) atoms. The highest BCUT2D eigenvalue weighted by Crippen LogP contribution is 2.51. The maximum absolute atomic E-state index is 6.23. The van der Waals surface area contributed by atoms with E-state index in [1.807, 2.05) is 0 Å². The van der Waals surface area contributed by atoms with E-state index in [9.17, 15) is 0 Å². The van der Waals surface area contributed by atoms with Crippen LogP contribution < -0.4 is 0 Å². The lowest BCUT2D eigenvalue weighted by Gasteiger charge is -2.26. The lowest BCUT2D eigenvalue weighted by atomic mass is 10.1. The zero-order valence-corrected chi connectivity index (χ0v) is 12.7. The lowest BCUT2D eigenvalue weighted by Crippen LogP contribution is -2.32. The van der Waals surface area contributed by atoms with E-state index in [1.165, 1.54) is 37.7 Å². The number of likely N-dealkylation sites (tertiary alicyclic amines) is 1. The molecule has 0 bridgehead atoms. The van der Waals surface area contributed by atoms with Crippen LogP contribution in [-0.2, 0) is 16.0 Å². The molecule has 0 N–H and O–H groups in total. The Morgan fingerprint density at radius 3 is 2.76 bits per heavy atom. The molecule has 3 heteroatoms. The summed E-state index contributed by atoms with van der Waals surface area (Å²) in [5.74, 6) is 0. The predicted octanol–water partition coefficient (Wildman–Crippen LogP) is 3.34. The summed E-state index contributed by atoms with van der Waals surface area (Å²) in [7, 11) is 0. The molecule has 2 heterocycles. The molecule has 114 valence electrons. The summed E-state index contributed by atoms with van der Waals surface area (Å²) >= 11 is 0. The highest BCUT2D eigenvalue weighted by atomic mass is 16.7. The molecule has 2 saturated heterocycles. The molecular weight excluding hydrogens is 262 g/mol. The molecule has 1 aromatic rings. The first-order valence-electron chi connectivity index (χ1n) is 8.40.